The molecule has 1 aromatic carbocycles. The van der Waals surface area contributed by atoms with Crippen molar-refractivity contribution in [2.24, 2.45) is 0 Å². The SMILES string of the molecule is OC(CN1CC[CH]CC1)NC1(c2ccccc2)CC1. The van der Waals surface area contributed by atoms with Crippen molar-refractivity contribution in [2.75, 3.05) is 19.6 Å². The van der Waals surface area contributed by atoms with Gasteiger partial charge in [-0.2, -0.15) is 0 Å². The first-order valence-corrected chi connectivity index (χ1v) is 7.34. The van der Waals surface area contributed by atoms with E-state index < -0.39 is 6.23 Å². The lowest BCUT2D eigenvalue weighted by atomic mass is 10.0. The molecule has 1 radical (unpaired) electrons. The third kappa shape index (κ3) is 3.16. The second-order valence-electron chi connectivity index (χ2n) is 5.77. The zero-order valence-electron chi connectivity index (χ0n) is 11.4. The Bertz CT molecular complexity index is 396. The Morgan fingerprint density at radius 3 is 2.47 bits per heavy atom. The number of benzene rings is 1. The predicted molar refractivity (Wildman–Crippen MR) is 76.5 cm³/mol. The van der Waals surface area contributed by atoms with Gasteiger partial charge in [0.1, 0.15) is 6.23 Å². The van der Waals surface area contributed by atoms with Gasteiger partial charge < -0.3 is 5.11 Å². The number of rotatable bonds is 5. The molecule has 2 N–H and O–H groups in total. The molecule has 0 amide bonds. The van der Waals surface area contributed by atoms with Crippen molar-refractivity contribution < 1.29 is 5.11 Å². The van der Waals surface area contributed by atoms with Crippen LogP contribution in [-0.4, -0.2) is 35.9 Å². The molecule has 3 rings (SSSR count). The number of piperidine rings is 1. The number of nitrogens with zero attached hydrogens (tertiary/aromatic N) is 1. The zero-order chi connectivity index (χ0) is 13.1. The molecule has 3 nitrogen and oxygen atoms in total. The third-order valence-corrected chi connectivity index (χ3v) is 4.25. The fourth-order valence-corrected chi connectivity index (χ4v) is 2.99. The highest BCUT2D eigenvalue weighted by Crippen LogP contribution is 2.45. The molecule has 3 heteroatoms. The quantitative estimate of drug-likeness (QED) is 0.793. The third-order valence-electron chi connectivity index (χ3n) is 4.25. The van der Waals surface area contributed by atoms with Crippen molar-refractivity contribution in [2.45, 2.75) is 37.5 Å². The summed E-state index contributed by atoms with van der Waals surface area (Å²) in [5.74, 6) is 0. The van der Waals surface area contributed by atoms with E-state index in [1.54, 1.807) is 0 Å². The second kappa shape index (κ2) is 5.61. The topological polar surface area (TPSA) is 35.5 Å². The molecule has 1 unspecified atom stereocenters. The van der Waals surface area contributed by atoms with Gasteiger partial charge in [0, 0.05) is 12.1 Å². The van der Waals surface area contributed by atoms with Crippen molar-refractivity contribution >= 4 is 0 Å². The van der Waals surface area contributed by atoms with E-state index in [0.717, 1.165) is 45.3 Å². The molecule has 0 spiro atoms. The Morgan fingerprint density at radius 2 is 1.84 bits per heavy atom. The van der Waals surface area contributed by atoms with Crippen LogP contribution in [0.5, 0.6) is 0 Å². The van der Waals surface area contributed by atoms with E-state index >= 15 is 0 Å². The minimum absolute atomic E-state index is 0.0303. The molecule has 1 aromatic rings. The molecule has 2 fully saturated rings. The lowest BCUT2D eigenvalue weighted by Gasteiger charge is -2.30. The van der Waals surface area contributed by atoms with Crippen molar-refractivity contribution in [3.8, 4) is 0 Å². The molecule has 1 aliphatic carbocycles. The summed E-state index contributed by atoms with van der Waals surface area (Å²) in [6, 6.07) is 10.5. The monoisotopic (exact) mass is 259 g/mol. The predicted octanol–water partition coefficient (Wildman–Crippen LogP) is 1.88. The van der Waals surface area contributed by atoms with Crippen LogP contribution in [0, 0.1) is 6.42 Å². The van der Waals surface area contributed by atoms with Gasteiger partial charge in [-0.15, -0.1) is 0 Å². The second-order valence-corrected chi connectivity index (χ2v) is 5.77. The molecular formula is C16H23N2O. The van der Waals surface area contributed by atoms with Crippen LogP contribution in [0.15, 0.2) is 30.3 Å². The Labute approximate surface area is 115 Å². The number of likely N-dealkylation sites (tertiary alicyclic amines) is 1. The van der Waals surface area contributed by atoms with Crippen LogP contribution in [0.25, 0.3) is 0 Å². The van der Waals surface area contributed by atoms with Gasteiger partial charge in [0.15, 0.2) is 0 Å². The van der Waals surface area contributed by atoms with E-state index in [2.05, 4.69) is 40.9 Å². The number of β-amino-alcohol motifs (C(OH)–C–C–N with tert-alkyl or cyclic N) is 1. The highest BCUT2D eigenvalue weighted by molar-refractivity contribution is 5.29. The minimum Gasteiger partial charge on any atom is -0.377 e. The van der Waals surface area contributed by atoms with Crippen molar-refractivity contribution in [1.29, 1.82) is 0 Å². The number of nitrogens with one attached hydrogen (secondary N) is 1. The summed E-state index contributed by atoms with van der Waals surface area (Å²) >= 11 is 0. The van der Waals surface area contributed by atoms with Gasteiger partial charge in [-0.25, -0.2) is 0 Å². The number of hydrogen-bond donors (Lipinski definition) is 2. The normalized spacial score (nSPS) is 24.1. The van der Waals surface area contributed by atoms with E-state index in [1.165, 1.54) is 5.56 Å². The Kier molecular flexibility index (Phi) is 3.87. The van der Waals surface area contributed by atoms with E-state index in [4.69, 9.17) is 0 Å². The van der Waals surface area contributed by atoms with Gasteiger partial charge in [-0.1, -0.05) is 30.3 Å². The molecule has 1 aliphatic heterocycles. The number of hydrogen-bond acceptors (Lipinski definition) is 3. The molecule has 2 aliphatic rings. The standard InChI is InChI=1S/C16H23N2O/c19-15(13-18-11-5-2-6-12-18)17-16(9-10-16)14-7-3-1-4-8-14/h1-4,7-8,15,17,19H,5-6,9-13H2. The lowest BCUT2D eigenvalue weighted by molar-refractivity contribution is 0.0669. The van der Waals surface area contributed by atoms with Gasteiger partial charge in [0.25, 0.3) is 0 Å². The lowest BCUT2D eigenvalue weighted by Crippen LogP contribution is -2.47. The van der Waals surface area contributed by atoms with Crippen LogP contribution in [-0.2, 0) is 5.54 Å². The Hall–Kier alpha value is -0.900. The molecule has 0 aromatic heterocycles. The molecule has 19 heavy (non-hydrogen) atoms. The van der Waals surface area contributed by atoms with Crippen molar-refractivity contribution in [3.05, 3.63) is 42.3 Å². The highest BCUT2D eigenvalue weighted by Gasteiger charge is 2.45. The fourth-order valence-electron chi connectivity index (χ4n) is 2.99. The molecule has 1 heterocycles. The van der Waals surface area contributed by atoms with E-state index in [-0.39, 0.29) is 5.54 Å². The maximum atomic E-state index is 10.3. The minimum atomic E-state index is -0.430. The Morgan fingerprint density at radius 1 is 1.16 bits per heavy atom. The Balaban J connectivity index is 1.55. The molecule has 1 saturated carbocycles. The maximum absolute atomic E-state index is 10.3. The average Bonchev–Trinajstić information content (AvgIpc) is 3.21. The number of aliphatic hydroxyl groups is 1. The molecule has 0 bridgehead atoms. The molecule has 103 valence electrons. The summed E-state index contributed by atoms with van der Waals surface area (Å²) in [6.45, 7) is 2.90. The van der Waals surface area contributed by atoms with Crippen LogP contribution in [0.2, 0.25) is 0 Å². The number of aliphatic hydroxyl groups excluding tert-OH is 1. The van der Waals surface area contributed by atoms with Crippen LogP contribution in [0.1, 0.15) is 31.2 Å². The average molecular weight is 259 g/mol. The largest absolute Gasteiger partial charge is 0.377 e. The van der Waals surface area contributed by atoms with Gasteiger partial charge in [0.05, 0.1) is 0 Å². The molecular weight excluding hydrogens is 236 g/mol. The summed E-state index contributed by atoms with van der Waals surface area (Å²) < 4.78 is 0. The highest BCUT2D eigenvalue weighted by atomic mass is 16.3. The molecule has 1 atom stereocenters. The first kappa shape index (κ1) is 13.1. The fraction of sp³-hybridized carbons (Fsp3) is 0.562. The summed E-state index contributed by atoms with van der Waals surface area (Å²) in [5, 5.41) is 13.7. The van der Waals surface area contributed by atoms with Crippen molar-refractivity contribution in [3.63, 3.8) is 0 Å². The summed E-state index contributed by atoms with van der Waals surface area (Å²) in [6.07, 6.45) is 6.46. The zero-order valence-corrected chi connectivity index (χ0v) is 11.4. The summed E-state index contributed by atoms with van der Waals surface area (Å²) in [5.41, 5.74) is 1.34. The van der Waals surface area contributed by atoms with Gasteiger partial charge >= 0.3 is 0 Å². The van der Waals surface area contributed by atoms with Gasteiger partial charge in [-0.3, -0.25) is 10.2 Å². The summed E-state index contributed by atoms with van der Waals surface area (Å²) in [7, 11) is 0. The molecule has 1 saturated heterocycles. The summed E-state index contributed by atoms with van der Waals surface area (Å²) in [4.78, 5) is 2.35. The first-order valence-electron chi connectivity index (χ1n) is 7.34. The smallest absolute Gasteiger partial charge is 0.118 e. The van der Waals surface area contributed by atoms with Crippen LogP contribution in [0.3, 0.4) is 0 Å². The van der Waals surface area contributed by atoms with Crippen molar-refractivity contribution in [1.82, 2.24) is 10.2 Å². The van der Waals surface area contributed by atoms with Crippen LogP contribution >= 0.6 is 0 Å². The van der Waals surface area contributed by atoms with Crippen LogP contribution < -0.4 is 5.32 Å². The maximum Gasteiger partial charge on any atom is 0.118 e. The van der Waals surface area contributed by atoms with Crippen LogP contribution in [0.4, 0.5) is 0 Å². The van der Waals surface area contributed by atoms with E-state index in [1.807, 2.05) is 6.07 Å². The van der Waals surface area contributed by atoms with Gasteiger partial charge in [0.2, 0.25) is 0 Å². The van der Waals surface area contributed by atoms with E-state index in [0.29, 0.717) is 0 Å². The van der Waals surface area contributed by atoms with Gasteiger partial charge in [-0.05, 0) is 50.8 Å². The first-order chi connectivity index (χ1) is 9.28. The van der Waals surface area contributed by atoms with E-state index in [9.17, 15) is 5.11 Å².